The molecule has 0 radical (unpaired) electrons. The van der Waals surface area contributed by atoms with E-state index in [2.05, 4.69) is 17.2 Å². The second kappa shape index (κ2) is 19.0. The Morgan fingerprint density at radius 3 is 2.03 bits per heavy atom. The van der Waals surface area contributed by atoms with Crippen molar-refractivity contribution in [3.63, 3.8) is 0 Å². The summed E-state index contributed by atoms with van der Waals surface area (Å²) in [7, 11) is 3.02. The number of aromatic hydroxyl groups is 1. The molecule has 13 nitrogen and oxygen atoms in total. The van der Waals surface area contributed by atoms with E-state index in [1.54, 1.807) is 92.0 Å². The van der Waals surface area contributed by atoms with E-state index in [1.807, 2.05) is 65.6 Å². The molecule has 3 amide bonds. The molecule has 338 valence electrons. The molecule has 3 N–H and O–H groups in total. The van der Waals surface area contributed by atoms with Crippen molar-refractivity contribution in [2.75, 3.05) is 38.9 Å². The Hall–Kier alpha value is -7.76. The number of phenolic OH excluding ortho intramolecular Hbond substituents is 1. The fraction of sp³-hybridized carbons (Fsp3) is 0.222. The van der Waals surface area contributed by atoms with Crippen molar-refractivity contribution in [1.29, 1.82) is 0 Å². The first-order valence-corrected chi connectivity index (χ1v) is 21.8. The summed E-state index contributed by atoms with van der Waals surface area (Å²) in [5.74, 6) is 2.99. The van der Waals surface area contributed by atoms with Crippen LogP contribution in [0.15, 0.2) is 158 Å². The van der Waals surface area contributed by atoms with Crippen LogP contribution in [0, 0.1) is 17.8 Å². The zero-order chi connectivity index (χ0) is 46.7. The number of carbonyl (C=O) groups excluding carboxylic acids is 4. The average Bonchev–Trinajstić information content (AvgIpc) is 3.82. The number of fused-ring (bicyclic) bond motifs is 3. The summed E-state index contributed by atoms with van der Waals surface area (Å²) in [6.07, 6.45) is -3.13. The summed E-state index contributed by atoms with van der Waals surface area (Å²) in [4.78, 5) is 64.4. The maximum Gasteiger partial charge on any atom is 0.421 e. The summed E-state index contributed by atoms with van der Waals surface area (Å²) in [5.41, 5.74) is 1.73. The standard InChI is InChI=1S/C54H47N3O10/c1-64-30-31-66-53(63)56-43-29-22-35(19-18-34-20-27-41(65-2)28-21-34)32-42(43)54(52(56)62)45(50(60)55-33-44(59)36-12-6-3-7-13-36)47-51(61)67-48(38-16-10-5-11-17-38)46(37-14-8-4-9-15-37)57(47)49(54)39-23-25-40(58)26-24-39/h3-17,20-29,32,44-49,58-59H,30-31,33H2,1-2H3,(H,55,60)/t44-,45-,46-,47-,48+,49+,54-/m0/s1. The van der Waals surface area contributed by atoms with Crippen LogP contribution in [0.25, 0.3) is 0 Å². The van der Waals surface area contributed by atoms with Crippen molar-refractivity contribution in [1.82, 2.24) is 10.2 Å². The fourth-order valence-electron chi connectivity index (χ4n) is 9.82. The Bertz CT molecular complexity index is 2830. The van der Waals surface area contributed by atoms with E-state index in [4.69, 9.17) is 18.9 Å². The molecule has 1 spiro atoms. The number of methoxy groups -OCH3 is 2. The molecule has 3 aliphatic heterocycles. The zero-order valence-corrected chi connectivity index (χ0v) is 36.7. The molecule has 0 unspecified atom stereocenters. The van der Waals surface area contributed by atoms with Crippen molar-refractivity contribution >= 4 is 29.6 Å². The van der Waals surface area contributed by atoms with Gasteiger partial charge < -0.3 is 34.5 Å². The number of nitrogens with zero attached hydrogens (tertiary/aromatic N) is 2. The number of amides is 3. The molecule has 3 heterocycles. The molecule has 0 aromatic heterocycles. The summed E-state index contributed by atoms with van der Waals surface area (Å²) in [5, 5.41) is 25.0. The van der Waals surface area contributed by atoms with Crippen LogP contribution in [0.3, 0.4) is 0 Å². The number of aliphatic hydroxyl groups excluding tert-OH is 1. The number of carbonyl (C=O) groups is 4. The number of morpholine rings is 1. The van der Waals surface area contributed by atoms with Gasteiger partial charge in [0, 0.05) is 24.8 Å². The molecule has 3 aliphatic rings. The van der Waals surface area contributed by atoms with Crippen molar-refractivity contribution in [2.24, 2.45) is 5.92 Å². The van der Waals surface area contributed by atoms with Crippen LogP contribution < -0.4 is 15.0 Å². The monoisotopic (exact) mass is 897 g/mol. The third-order valence-electron chi connectivity index (χ3n) is 12.7. The lowest BCUT2D eigenvalue weighted by atomic mass is 9.65. The predicted molar refractivity (Wildman–Crippen MR) is 247 cm³/mol. The number of anilines is 1. The molecule has 0 saturated carbocycles. The van der Waals surface area contributed by atoms with Crippen LogP contribution in [0.4, 0.5) is 10.5 Å². The van der Waals surface area contributed by atoms with Gasteiger partial charge in [-0.2, -0.15) is 0 Å². The Labute approximate surface area is 387 Å². The Morgan fingerprint density at radius 2 is 1.37 bits per heavy atom. The molecule has 2 fully saturated rings. The summed E-state index contributed by atoms with van der Waals surface area (Å²) < 4.78 is 22.7. The lowest BCUT2D eigenvalue weighted by molar-refractivity contribution is -0.178. The number of benzene rings is 6. The van der Waals surface area contributed by atoms with Gasteiger partial charge in [-0.15, -0.1) is 0 Å². The number of aliphatic hydroxyl groups is 1. The van der Waals surface area contributed by atoms with Gasteiger partial charge in [0.15, 0.2) is 0 Å². The van der Waals surface area contributed by atoms with Gasteiger partial charge in [0.05, 0.1) is 43.5 Å². The second-order valence-corrected chi connectivity index (χ2v) is 16.5. The van der Waals surface area contributed by atoms with Crippen LogP contribution in [-0.2, 0) is 34.0 Å². The van der Waals surface area contributed by atoms with Crippen molar-refractivity contribution in [3.8, 4) is 23.3 Å². The van der Waals surface area contributed by atoms with Gasteiger partial charge in [-0.05, 0) is 82.4 Å². The highest BCUT2D eigenvalue weighted by Crippen LogP contribution is 2.66. The molecule has 0 bridgehead atoms. The minimum absolute atomic E-state index is 0.0396. The predicted octanol–water partition coefficient (Wildman–Crippen LogP) is 7.10. The van der Waals surface area contributed by atoms with Crippen molar-refractivity contribution < 1.29 is 48.3 Å². The van der Waals surface area contributed by atoms with Gasteiger partial charge in [0.25, 0.3) is 0 Å². The van der Waals surface area contributed by atoms with E-state index in [9.17, 15) is 15.0 Å². The SMILES string of the molecule is COCCOC(=O)N1C(=O)[C@@]2(c3cc(C#Cc4ccc(OC)cc4)ccc31)[C@H](C(=O)NC[C@H](O)c1ccccc1)[C@H]1C(=O)O[C@H](c3ccccc3)[C@H](c3ccccc3)N1[C@@H]2c1ccc(O)cc1. The lowest BCUT2D eigenvalue weighted by Crippen LogP contribution is -2.56. The van der Waals surface area contributed by atoms with E-state index in [-0.39, 0.29) is 36.8 Å². The fourth-order valence-corrected chi connectivity index (χ4v) is 9.82. The third-order valence-corrected chi connectivity index (χ3v) is 12.7. The number of rotatable bonds is 11. The minimum atomic E-state index is -2.10. The quantitative estimate of drug-likeness (QED) is 0.0691. The molecule has 67 heavy (non-hydrogen) atoms. The van der Waals surface area contributed by atoms with Crippen molar-refractivity contribution in [3.05, 3.63) is 197 Å². The van der Waals surface area contributed by atoms with Crippen LogP contribution in [0.1, 0.15) is 63.2 Å². The maximum atomic E-state index is 16.3. The number of ether oxygens (including phenoxy) is 4. The Kier molecular flexibility index (Phi) is 12.6. The number of cyclic esters (lactones) is 1. The van der Waals surface area contributed by atoms with Gasteiger partial charge in [0.1, 0.15) is 35.7 Å². The lowest BCUT2D eigenvalue weighted by Gasteiger charge is -2.46. The smallest absolute Gasteiger partial charge is 0.421 e. The van der Waals surface area contributed by atoms with Crippen molar-refractivity contribution in [2.45, 2.75) is 35.7 Å². The highest BCUT2D eigenvalue weighted by Gasteiger charge is 2.75. The molecular formula is C54H47N3O10. The van der Waals surface area contributed by atoms with E-state index >= 15 is 14.4 Å². The molecule has 6 aromatic carbocycles. The summed E-state index contributed by atoms with van der Waals surface area (Å²) >= 11 is 0. The summed E-state index contributed by atoms with van der Waals surface area (Å²) in [6.45, 7) is -0.434. The number of hydrogen-bond donors (Lipinski definition) is 3. The van der Waals surface area contributed by atoms with Crippen LogP contribution in [0.2, 0.25) is 0 Å². The van der Waals surface area contributed by atoms with Gasteiger partial charge in [-0.1, -0.05) is 115 Å². The van der Waals surface area contributed by atoms with E-state index in [0.29, 0.717) is 39.1 Å². The van der Waals surface area contributed by atoms with Gasteiger partial charge in [0.2, 0.25) is 11.8 Å². The molecule has 9 rings (SSSR count). The largest absolute Gasteiger partial charge is 0.508 e. The van der Waals surface area contributed by atoms with Gasteiger partial charge in [-0.25, -0.2) is 9.69 Å². The number of hydrogen-bond acceptors (Lipinski definition) is 11. The highest BCUT2D eigenvalue weighted by molar-refractivity contribution is 6.23. The normalized spacial score (nSPS) is 22.2. The number of nitrogens with one attached hydrogen (secondary N) is 1. The molecular weight excluding hydrogens is 851 g/mol. The zero-order valence-electron chi connectivity index (χ0n) is 36.7. The van der Waals surface area contributed by atoms with E-state index in [0.717, 1.165) is 4.90 Å². The third kappa shape index (κ3) is 8.16. The molecule has 0 aliphatic carbocycles. The number of phenols is 1. The second-order valence-electron chi connectivity index (χ2n) is 16.5. The minimum Gasteiger partial charge on any atom is -0.508 e. The first-order chi connectivity index (χ1) is 32.6. The number of esters is 1. The first-order valence-electron chi connectivity index (χ1n) is 21.8. The molecule has 13 heteroatoms. The summed E-state index contributed by atoms with van der Waals surface area (Å²) in [6, 6.07) is 42.3. The van der Waals surface area contributed by atoms with Crippen LogP contribution in [-0.4, -0.2) is 79.0 Å². The molecule has 7 atom stereocenters. The van der Waals surface area contributed by atoms with Crippen LogP contribution in [0.5, 0.6) is 11.5 Å². The molecule has 2 saturated heterocycles. The molecule has 6 aromatic rings. The maximum absolute atomic E-state index is 16.3. The average molecular weight is 898 g/mol. The topological polar surface area (TPSA) is 164 Å². The van der Waals surface area contributed by atoms with E-state index < -0.39 is 65.5 Å². The Balaban J connectivity index is 1.32. The Morgan fingerprint density at radius 1 is 0.746 bits per heavy atom. The first kappa shape index (κ1) is 44.4. The number of imide groups is 1. The van der Waals surface area contributed by atoms with E-state index in [1.165, 1.54) is 19.2 Å². The highest BCUT2D eigenvalue weighted by atomic mass is 16.6. The van der Waals surface area contributed by atoms with Gasteiger partial charge in [-0.3, -0.25) is 19.3 Å². The van der Waals surface area contributed by atoms with Gasteiger partial charge >= 0.3 is 12.1 Å². The van der Waals surface area contributed by atoms with Crippen LogP contribution >= 0.6 is 0 Å².